The van der Waals surface area contributed by atoms with E-state index in [2.05, 4.69) is 13.8 Å². The van der Waals surface area contributed by atoms with Crippen LogP contribution in [0.25, 0.3) is 0 Å². The molecule has 132 valence electrons. The molecule has 0 aromatic heterocycles. The smallest absolute Gasteiger partial charge is 0.155 e. The molecular formula is C21H30O2S. The summed E-state index contributed by atoms with van der Waals surface area (Å²) in [6.07, 6.45) is 9.46. The molecule has 0 spiro atoms. The van der Waals surface area contributed by atoms with Crippen LogP contribution in [-0.4, -0.2) is 16.8 Å². The molecule has 0 N–H and O–H groups in total. The summed E-state index contributed by atoms with van der Waals surface area (Å²) < 4.78 is 0. The Morgan fingerprint density at radius 3 is 2.62 bits per heavy atom. The summed E-state index contributed by atoms with van der Waals surface area (Å²) in [4.78, 5) is 24.2. The maximum atomic E-state index is 12.3. The van der Waals surface area contributed by atoms with E-state index in [9.17, 15) is 9.59 Å². The van der Waals surface area contributed by atoms with Crippen molar-refractivity contribution in [1.82, 2.24) is 0 Å². The summed E-state index contributed by atoms with van der Waals surface area (Å²) in [5.74, 6) is 2.82. The summed E-state index contributed by atoms with van der Waals surface area (Å²) in [6, 6.07) is 0. The molecule has 0 aromatic rings. The van der Waals surface area contributed by atoms with Crippen molar-refractivity contribution in [2.45, 2.75) is 71.0 Å². The van der Waals surface area contributed by atoms with E-state index < -0.39 is 0 Å². The van der Waals surface area contributed by atoms with Crippen LogP contribution < -0.4 is 0 Å². The lowest BCUT2D eigenvalue weighted by molar-refractivity contribution is -0.128. The first-order valence-corrected chi connectivity index (χ1v) is 10.2. The number of fused-ring (bicyclic) bond motifs is 5. The molecule has 2 nitrogen and oxygen atoms in total. The van der Waals surface area contributed by atoms with Gasteiger partial charge in [-0.1, -0.05) is 19.4 Å². The fourth-order valence-electron chi connectivity index (χ4n) is 7.31. The number of allylic oxidation sites excluding steroid dienone is 1. The first kappa shape index (κ1) is 16.9. The SMILES string of the molecule is CC(=O)[C@H]1C(S)CC2C3CCC4=CC(=O)CC[C@]4(C)C3CC[C@@]21C. The summed E-state index contributed by atoms with van der Waals surface area (Å²) in [7, 11) is 0. The van der Waals surface area contributed by atoms with E-state index in [-0.39, 0.29) is 22.0 Å². The topological polar surface area (TPSA) is 34.1 Å². The van der Waals surface area contributed by atoms with Crippen molar-refractivity contribution in [3.63, 3.8) is 0 Å². The number of Topliss-reactive ketones (excluding diaryl/α,β-unsaturated/α-hetero) is 1. The maximum Gasteiger partial charge on any atom is 0.155 e. The molecule has 4 aliphatic carbocycles. The standard InChI is InChI=1S/C21H30O2S/c1-12(22)19-18(24)11-17-15-5-4-13-10-14(23)6-8-20(13,2)16(15)7-9-21(17,19)3/h10,15-19,24H,4-9,11H2,1-3H3/t15?,16?,17?,18?,19-,20-,21-/m0/s1. The van der Waals surface area contributed by atoms with Crippen molar-refractivity contribution in [3.8, 4) is 0 Å². The monoisotopic (exact) mass is 346 g/mol. The quantitative estimate of drug-likeness (QED) is 0.702. The second-order valence-corrected chi connectivity index (χ2v) is 10.1. The Kier molecular flexibility index (Phi) is 3.84. The molecule has 24 heavy (non-hydrogen) atoms. The molecule has 4 rings (SSSR count). The second kappa shape index (κ2) is 5.46. The van der Waals surface area contributed by atoms with Crippen molar-refractivity contribution in [2.75, 3.05) is 0 Å². The molecule has 0 bridgehead atoms. The zero-order valence-corrected chi connectivity index (χ0v) is 16.1. The molecule has 3 heteroatoms. The van der Waals surface area contributed by atoms with Gasteiger partial charge in [0.2, 0.25) is 0 Å². The predicted molar refractivity (Wildman–Crippen MR) is 99.0 cm³/mol. The van der Waals surface area contributed by atoms with Crippen LogP contribution in [0.5, 0.6) is 0 Å². The van der Waals surface area contributed by atoms with Crippen LogP contribution in [0.4, 0.5) is 0 Å². The molecule has 3 saturated carbocycles. The van der Waals surface area contributed by atoms with Crippen LogP contribution in [-0.2, 0) is 9.59 Å². The third-order valence-electron chi connectivity index (χ3n) is 8.43. The van der Waals surface area contributed by atoms with E-state index in [0.717, 1.165) is 32.1 Å². The lowest BCUT2D eigenvalue weighted by Gasteiger charge is -2.58. The van der Waals surface area contributed by atoms with E-state index in [1.165, 1.54) is 18.4 Å². The largest absolute Gasteiger partial charge is 0.300 e. The first-order valence-electron chi connectivity index (χ1n) is 9.70. The highest BCUT2D eigenvalue weighted by Crippen LogP contribution is 2.67. The van der Waals surface area contributed by atoms with Gasteiger partial charge in [-0.3, -0.25) is 9.59 Å². The van der Waals surface area contributed by atoms with Crippen molar-refractivity contribution in [2.24, 2.45) is 34.5 Å². The van der Waals surface area contributed by atoms with Crippen LogP contribution in [0.2, 0.25) is 0 Å². The maximum absolute atomic E-state index is 12.3. The number of ketones is 2. The normalized spacial score (nSPS) is 50.6. The van der Waals surface area contributed by atoms with Crippen molar-refractivity contribution < 1.29 is 9.59 Å². The number of rotatable bonds is 1. The van der Waals surface area contributed by atoms with E-state index >= 15 is 0 Å². The van der Waals surface area contributed by atoms with Crippen molar-refractivity contribution in [1.29, 1.82) is 0 Å². The molecule has 4 unspecified atom stereocenters. The zero-order valence-electron chi connectivity index (χ0n) is 15.2. The minimum absolute atomic E-state index is 0.129. The number of thiol groups is 1. The molecule has 3 fully saturated rings. The van der Waals surface area contributed by atoms with Gasteiger partial charge in [-0.15, -0.1) is 0 Å². The number of hydrogen-bond acceptors (Lipinski definition) is 3. The van der Waals surface area contributed by atoms with Crippen LogP contribution in [0.1, 0.15) is 65.7 Å². The Hall–Kier alpha value is -0.570. The van der Waals surface area contributed by atoms with E-state index in [0.29, 0.717) is 29.3 Å². The van der Waals surface area contributed by atoms with Gasteiger partial charge in [0.1, 0.15) is 5.78 Å². The van der Waals surface area contributed by atoms with Gasteiger partial charge in [0.25, 0.3) is 0 Å². The zero-order chi connectivity index (χ0) is 17.3. The molecular weight excluding hydrogens is 316 g/mol. The minimum Gasteiger partial charge on any atom is -0.300 e. The highest BCUT2D eigenvalue weighted by Gasteiger charge is 2.61. The molecule has 0 amide bonds. The van der Waals surface area contributed by atoms with Gasteiger partial charge < -0.3 is 0 Å². The van der Waals surface area contributed by atoms with Gasteiger partial charge in [0.15, 0.2) is 5.78 Å². The summed E-state index contributed by atoms with van der Waals surface area (Å²) in [5.41, 5.74) is 1.78. The Morgan fingerprint density at radius 1 is 1.17 bits per heavy atom. The highest BCUT2D eigenvalue weighted by atomic mass is 32.1. The predicted octanol–water partition coefficient (Wildman–Crippen LogP) is 4.63. The van der Waals surface area contributed by atoms with Gasteiger partial charge in [-0.2, -0.15) is 12.6 Å². The van der Waals surface area contributed by atoms with Crippen LogP contribution in [0, 0.1) is 34.5 Å². The van der Waals surface area contributed by atoms with Crippen LogP contribution >= 0.6 is 12.6 Å². The van der Waals surface area contributed by atoms with Crippen LogP contribution in [0.3, 0.4) is 0 Å². The Labute approximate surface area is 151 Å². The lowest BCUT2D eigenvalue weighted by Crippen LogP contribution is -2.51. The Morgan fingerprint density at radius 2 is 1.92 bits per heavy atom. The van der Waals surface area contributed by atoms with Crippen LogP contribution in [0.15, 0.2) is 11.6 Å². The minimum atomic E-state index is 0.129. The fraction of sp³-hybridized carbons (Fsp3) is 0.810. The lowest BCUT2D eigenvalue weighted by atomic mass is 9.46. The first-order chi connectivity index (χ1) is 11.3. The average molecular weight is 347 g/mol. The van der Waals surface area contributed by atoms with Crippen molar-refractivity contribution in [3.05, 3.63) is 11.6 Å². The van der Waals surface area contributed by atoms with Crippen molar-refractivity contribution >= 4 is 24.2 Å². The van der Waals surface area contributed by atoms with E-state index in [1.807, 2.05) is 6.08 Å². The van der Waals surface area contributed by atoms with Gasteiger partial charge in [-0.25, -0.2) is 0 Å². The molecule has 0 saturated heterocycles. The molecule has 4 aliphatic rings. The van der Waals surface area contributed by atoms with Gasteiger partial charge in [-0.05, 0) is 80.1 Å². The number of hydrogen-bond donors (Lipinski definition) is 1. The Bertz CT molecular complexity index is 623. The Balaban J connectivity index is 1.69. The van der Waals surface area contributed by atoms with E-state index in [1.54, 1.807) is 6.92 Å². The summed E-state index contributed by atoms with van der Waals surface area (Å²) in [5, 5.41) is 0.230. The third kappa shape index (κ3) is 2.15. The van der Waals surface area contributed by atoms with Gasteiger partial charge >= 0.3 is 0 Å². The third-order valence-corrected chi connectivity index (χ3v) is 8.94. The molecule has 0 radical (unpaired) electrons. The second-order valence-electron chi connectivity index (χ2n) is 9.40. The van der Waals surface area contributed by atoms with Gasteiger partial charge in [0, 0.05) is 17.6 Å². The molecule has 0 aromatic carbocycles. The van der Waals surface area contributed by atoms with E-state index in [4.69, 9.17) is 12.6 Å². The molecule has 0 heterocycles. The van der Waals surface area contributed by atoms with Gasteiger partial charge in [0.05, 0.1) is 0 Å². The summed E-state index contributed by atoms with van der Waals surface area (Å²) in [6.45, 7) is 6.55. The summed E-state index contributed by atoms with van der Waals surface area (Å²) >= 11 is 4.84. The highest BCUT2D eigenvalue weighted by molar-refractivity contribution is 7.81. The molecule has 7 atom stereocenters. The number of carbonyl (C=O) groups excluding carboxylic acids is 2. The number of carbonyl (C=O) groups is 2. The average Bonchev–Trinajstić information content (AvgIpc) is 2.78. The fourth-order valence-corrected chi connectivity index (χ4v) is 8.09. The molecule has 0 aliphatic heterocycles.